The van der Waals surface area contributed by atoms with Gasteiger partial charge in [0.2, 0.25) is 0 Å². The van der Waals surface area contributed by atoms with E-state index in [0.29, 0.717) is 5.03 Å². The molecular formula is C9H8Cl. The van der Waals surface area contributed by atoms with Crippen LogP contribution in [0.1, 0.15) is 5.56 Å². The second-order valence-corrected chi connectivity index (χ2v) is 2.64. The minimum atomic E-state index is 0.672. The van der Waals surface area contributed by atoms with Crippen molar-refractivity contribution in [1.29, 1.82) is 0 Å². The van der Waals surface area contributed by atoms with E-state index >= 15 is 0 Å². The number of rotatable bonds is 2. The van der Waals surface area contributed by atoms with Gasteiger partial charge in [-0.2, -0.15) is 0 Å². The highest BCUT2D eigenvalue weighted by Crippen LogP contribution is 2.07. The summed E-state index contributed by atoms with van der Waals surface area (Å²) in [4.78, 5) is 0. The highest BCUT2D eigenvalue weighted by molar-refractivity contribution is 6.29. The quantitative estimate of drug-likeness (QED) is 0.610. The summed E-state index contributed by atoms with van der Waals surface area (Å²) >= 11 is 5.61. The molecule has 1 heteroatoms. The molecule has 0 unspecified atom stereocenters. The van der Waals surface area contributed by atoms with Gasteiger partial charge >= 0.3 is 0 Å². The molecule has 0 spiro atoms. The number of hydrogen-bond acceptors (Lipinski definition) is 0. The summed E-state index contributed by atoms with van der Waals surface area (Å²) in [5.74, 6) is 0. The Kier molecular flexibility index (Phi) is 2.52. The Hall–Kier alpha value is -0.750. The first-order valence-corrected chi connectivity index (χ1v) is 3.45. The summed E-state index contributed by atoms with van der Waals surface area (Å²) in [6, 6.07) is 10.6. The predicted octanol–water partition coefficient (Wildman–Crippen LogP) is 2.78. The average Bonchev–Trinajstić information content (AvgIpc) is 1.88. The van der Waals surface area contributed by atoms with E-state index in [9.17, 15) is 0 Å². The second-order valence-electron chi connectivity index (χ2n) is 2.10. The van der Waals surface area contributed by atoms with Gasteiger partial charge in [-0.15, -0.1) is 0 Å². The molecular weight excluding hydrogens is 144 g/mol. The molecule has 0 bridgehead atoms. The van der Waals surface area contributed by atoms with Crippen molar-refractivity contribution in [1.82, 2.24) is 0 Å². The fourth-order valence-electron chi connectivity index (χ4n) is 0.761. The number of halogens is 1. The van der Waals surface area contributed by atoms with Crippen molar-refractivity contribution in [2.45, 2.75) is 6.42 Å². The lowest BCUT2D eigenvalue weighted by Crippen LogP contribution is -1.80. The van der Waals surface area contributed by atoms with E-state index in [0.717, 1.165) is 6.42 Å². The van der Waals surface area contributed by atoms with Gasteiger partial charge in [-0.1, -0.05) is 42.4 Å². The number of allylic oxidation sites excluding steroid dienone is 1. The van der Waals surface area contributed by atoms with Crippen LogP contribution in [0.5, 0.6) is 0 Å². The van der Waals surface area contributed by atoms with Crippen LogP contribution in [0.15, 0.2) is 35.9 Å². The van der Waals surface area contributed by atoms with Crippen LogP contribution in [0.3, 0.4) is 0 Å². The van der Waals surface area contributed by atoms with Crippen molar-refractivity contribution >= 4 is 11.6 Å². The summed E-state index contributed by atoms with van der Waals surface area (Å²) < 4.78 is 0. The molecule has 0 aliphatic carbocycles. The second kappa shape index (κ2) is 3.43. The molecule has 0 atom stereocenters. The third-order valence-electron chi connectivity index (χ3n) is 1.18. The van der Waals surface area contributed by atoms with Gasteiger partial charge < -0.3 is 0 Å². The predicted molar refractivity (Wildman–Crippen MR) is 44.0 cm³/mol. The van der Waals surface area contributed by atoms with Gasteiger partial charge in [0.05, 0.1) is 0 Å². The van der Waals surface area contributed by atoms with Gasteiger partial charge in [0, 0.05) is 11.5 Å². The zero-order chi connectivity index (χ0) is 7.40. The minimum absolute atomic E-state index is 0.672. The molecule has 1 aromatic rings. The summed E-state index contributed by atoms with van der Waals surface area (Å²) in [5, 5.41) is 0.672. The summed E-state index contributed by atoms with van der Waals surface area (Å²) in [6.07, 6.45) is 0.746. The van der Waals surface area contributed by atoms with Gasteiger partial charge in [-0.05, 0) is 11.6 Å². The van der Waals surface area contributed by atoms with Crippen LogP contribution in [0, 0.1) is 6.07 Å². The maximum absolute atomic E-state index is 5.61. The molecule has 51 valence electrons. The molecule has 1 rings (SSSR count). The zero-order valence-electron chi connectivity index (χ0n) is 5.60. The van der Waals surface area contributed by atoms with Crippen LogP contribution >= 0.6 is 11.6 Å². The van der Waals surface area contributed by atoms with Crippen LogP contribution in [0.4, 0.5) is 0 Å². The Morgan fingerprint density at radius 1 is 1.50 bits per heavy atom. The molecule has 0 aliphatic rings. The summed E-state index contributed by atoms with van der Waals surface area (Å²) in [7, 11) is 0. The van der Waals surface area contributed by atoms with E-state index in [1.165, 1.54) is 5.56 Å². The Balaban J connectivity index is 2.67. The molecule has 1 radical (unpaired) electrons. The molecule has 0 saturated carbocycles. The Labute approximate surface area is 66.1 Å². The third-order valence-corrected chi connectivity index (χ3v) is 1.32. The van der Waals surface area contributed by atoms with Gasteiger partial charge in [-0.25, -0.2) is 0 Å². The average molecular weight is 152 g/mol. The molecule has 0 N–H and O–H groups in total. The van der Waals surface area contributed by atoms with Crippen molar-refractivity contribution in [2.75, 3.05) is 0 Å². The van der Waals surface area contributed by atoms with Crippen molar-refractivity contribution < 1.29 is 0 Å². The van der Waals surface area contributed by atoms with Crippen LogP contribution in [0.2, 0.25) is 0 Å². The molecule has 1 aromatic carbocycles. The van der Waals surface area contributed by atoms with Crippen LogP contribution in [-0.2, 0) is 6.42 Å². The van der Waals surface area contributed by atoms with Crippen molar-refractivity contribution in [2.24, 2.45) is 0 Å². The van der Waals surface area contributed by atoms with Gasteiger partial charge in [0.15, 0.2) is 0 Å². The standard InChI is InChI=1S/C9H8Cl/c1-8(10)7-9-5-3-2-4-6-9/h3-6H,1,7H2. The molecule has 0 fully saturated rings. The van der Waals surface area contributed by atoms with Crippen molar-refractivity contribution in [3.05, 3.63) is 47.5 Å². The SMILES string of the molecule is C=C(Cl)Cc1cc[c]cc1. The Morgan fingerprint density at radius 2 is 2.10 bits per heavy atom. The van der Waals surface area contributed by atoms with E-state index < -0.39 is 0 Å². The maximum Gasteiger partial charge on any atom is 0.0153 e. The maximum atomic E-state index is 5.61. The fraction of sp³-hybridized carbons (Fsp3) is 0.111. The fourth-order valence-corrected chi connectivity index (χ4v) is 0.915. The first-order valence-electron chi connectivity index (χ1n) is 3.07. The molecule has 0 saturated heterocycles. The topological polar surface area (TPSA) is 0 Å². The normalized spacial score (nSPS) is 9.30. The lowest BCUT2D eigenvalue weighted by atomic mass is 10.2. The smallest absolute Gasteiger partial charge is 0.0153 e. The van der Waals surface area contributed by atoms with Gasteiger partial charge in [-0.3, -0.25) is 0 Å². The highest BCUT2D eigenvalue weighted by atomic mass is 35.5. The molecule has 0 nitrogen and oxygen atoms in total. The summed E-state index contributed by atoms with van der Waals surface area (Å²) in [6.45, 7) is 3.61. The van der Waals surface area contributed by atoms with E-state index in [1.807, 2.05) is 24.3 Å². The van der Waals surface area contributed by atoms with Crippen LogP contribution in [-0.4, -0.2) is 0 Å². The van der Waals surface area contributed by atoms with Crippen LogP contribution < -0.4 is 0 Å². The third kappa shape index (κ3) is 2.24. The molecule has 0 amide bonds. The lowest BCUT2D eigenvalue weighted by molar-refractivity contribution is 1.25. The minimum Gasteiger partial charge on any atom is -0.0894 e. The molecule has 0 aliphatic heterocycles. The zero-order valence-corrected chi connectivity index (χ0v) is 6.36. The van der Waals surface area contributed by atoms with E-state index in [1.54, 1.807) is 0 Å². The lowest BCUT2D eigenvalue weighted by Gasteiger charge is -1.95. The molecule has 10 heavy (non-hydrogen) atoms. The summed E-state index contributed by atoms with van der Waals surface area (Å²) in [5.41, 5.74) is 1.18. The number of benzene rings is 1. The van der Waals surface area contributed by atoms with Crippen LogP contribution in [0.25, 0.3) is 0 Å². The molecule has 0 heterocycles. The largest absolute Gasteiger partial charge is 0.0894 e. The Morgan fingerprint density at radius 3 is 2.60 bits per heavy atom. The highest BCUT2D eigenvalue weighted by Gasteiger charge is 1.90. The Bertz CT molecular complexity index is 213. The van der Waals surface area contributed by atoms with E-state index in [2.05, 4.69) is 12.6 Å². The van der Waals surface area contributed by atoms with E-state index in [4.69, 9.17) is 11.6 Å². The first-order chi connectivity index (χ1) is 4.79. The van der Waals surface area contributed by atoms with Gasteiger partial charge in [0.1, 0.15) is 0 Å². The van der Waals surface area contributed by atoms with E-state index in [-0.39, 0.29) is 0 Å². The van der Waals surface area contributed by atoms with Crippen molar-refractivity contribution in [3.8, 4) is 0 Å². The number of hydrogen-bond donors (Lipinski definition) is 0. The first kappa shape index (κ1) is 7.36. The monoisotopic (exact) mass is 151 g/mol. The molecule has 0 aromatic heterocycles. The van der Waals surface area contributed by atoms with Gasteiger partial charge in [0.25, 0.3) is 0 Å². The van der Waals surface area contributed by atoms with Crippen molar-refractivity contribution in [3.63, 3.8) is 0 Å².